The number of hydrogen-bond donors (Lipinski definition) is 1. The molecule has 0 radical (unpaired) electrons. The number of β-amino-alcohol motifs (C(OH)–C–C–N with tert-alkyl or cyclic N) is 1. The first-order valence-electron chi connectivity index (χ1n) is 9.53. The van der Waals surface area contributed by atoms with Gasteiger partial charge in [0.1, 0.15) is 0 Å². The Kier molecular flexibility index (Phi) is 7.41. The molecule has 144 valence electrons. The lowest BCUT2D eigenvalue weighted by Crippen LogP contribution is -2.53. The van der Waals surface area contributed by atoms with Crippen molar-refractivity contribution in [3.63, 3.8) is 0 Å². The molecule has 1 N–H and O–H groups in total. The van der Waals surface area contributed by atoms with Crippen LogP contribution in [0.4, 0.5) is 0 Å². The molecule has 1 aliphatic heterocycles. The molecule has 1 aliphatic rings. The lowest BCUT2D eigenvalue weighted by atomic mass is 10.00. The van der Waals surface area contributed by atoms with E-state index in [0.29, 0.717) is 13.1 Å². The number of hydrogen-bond acceptors (Lipinski definition) is 4. The molecule has 0 amide bonds. The highest BCUT2D eigenvalue weighted by Crippen LogP contribution is 2.19. The van der Waals surface area contributed by atoms with Crippen LogP contribution in [0.5, 0.6) is 0 Å². The molecule has 0 bridgehead atoms. The van der Waals surface area contributed by atoms with Crippen LogP contribution in [0.1, 0.15) is 17.7 Å². The minimum absolute atomic E-state index is 0.182. The fourth-order valence-electron chi connectivity index (χ4n) is 3.63. The molecule has 0 spiro atoms. The van der Waals surface area contributed by atoms with E-state index in [9.17, 15) is 5.11 Å². The van der Waals surface area contributed by atoms with Crippen molar-refractivity contribution < 1.29 is 5.11 Å². The maximum absolute atomic E-state index is 10.6. The van der Waals surface area contributed by atoms with Gasteiger partial charge < -0.3 is 10.0 Å². The average molecular weight is 386 g/mol. The first-order valence-corrected chi connectivity index (χ1v) is 9.91. The predicted molar refractivity (Wildman–Crippen MR) is 112 cm³/mol. The van der Waals surface area contributed by atoms with Crippen molar-refractivity contribution in [3.8, 4) is 0 Å². The van der Waals surface area contributed by atoms with Gasteiger partial charge in [-0.15, -0.1) is 0 Å². The van der Waals surface area contributed by atoms with E-state index < -0.39 is 0 Å². The van der Waals surface area contributed by atoms with Crippen molar-refractivity contribution in [2.75, 3.05) is 33.2 Å². The Morgan fingerprint density at radius 1 is 1.26 bits per heavy atom. The molecule has 2 heterocycles. The van der Waals surface area contributed by atoms with E-state index in [1.54, 1.807) is 0 Å². The summed E-state index contributed by atoms with van der Waals surface area (Å²) in [5, 5.41) is 11.4. The quantitative estimate of drug-likeness (QED) is 0.794. The molecule has 2 aromatic rings. The molecule has 5 heteroatoms. The Labute approximate surface area is 167 Å². The molecule has 0 unspecified atom stereocenters. The van der Waals surface area contributed by atoms with Crippen LogP contribution in [-0.2, 0) is 6.42 Å². The van der Waals surface area contributed by atoms with Crippen LogP contribution in [0.3, 0.4) is 0 Å². The Morgan fingerprint density at radius 3 is 2.74 bits per heavy atom. The predicted octanol–water partition coefficient (Wildman–Crippen LogP) is 3.27. The van der Waals surface area contributed by atoms with Crippen LogP contribution in [0, 0.1) is 0 Å². The van der Waals surface area contributed by atoms with E-state index in [4.69, 9.17) is 11.6 Å². The van der Waals surface area contributed by atoms with Crippen LogP contribution in [0.15, 0.2) is 59.8 Å². The zero-order chi connectivity index (χ0) is 19.1. The minimum Gasteiger partial charge on any atom is -0.390 e. The van der Waals surface area contributed by atoms with Crippen LogP contribution < -0.4 is 0 Å². The third-order valence-corrected chi connectivity index (χ3v) is 5.37. The zero-order valence-electron chi connectivity index (χ0n) is 15.8. The highest BCUT2D eigenvalue weighted by Gasteiger charge is 2.30. The fourth-order valence-corrected chi connectivity index (χ4v) is 3.93. The highest BCUT2D eigenvalue weighted by molar-refractivity contribution is 6.31. The molecule has 1 aromatic carbocycles. The van der Waals surface area contributed by atoms with Crippen LogP contribution >= 0.6 is 11.6 Å². The van der Waals surface area contributed by atoms with Gasteiger partial charge >= 0.3 is 0 Å². The van der Waals surface area contributed by atoms with Gasteiger partial charge in [0.15, 0.2) is 0 Å². The normalized spacial score (nSPS) is 21.6. The van der Waals surface area contributed by atoms with E-state index in [1.165, 1.54) is 0 Å². The van der Waals surface area contributed by atoms with Gasteiger partial charge in [-0.1, -0.05) is 48.0 Å². The van der Waals surface area contributed by atoms with Crippen molar-refractivity contribution >= 4 is 17.7 Å². The Bertz CT molecular complexity index is 723. The van der Waals surface area contributed by atoms with Gasteiger partial charge in [0, 0.05) is 55.6 Å². The Hall–Kier alpha value is -1.72. The smallest absolute Gasteiger partial charge is 0.0822 e. The summed E-state index contributed by atoms with van der Waals surface area (Å²) >= 11 is 6.43. The van der Waals surface area contributed by atoms with Crippen LogP contribution in [-0.4, -0.2) is 65.3 Å². The molecular formula is C22H28ClN3O. The Morgan fingerprint density at radius 2 is 2.04 bits per heavy atom. The number of likely N-dealkylation sites (tertiary alicyclic amines) is 1. The molecule has 0 saturated carbocycles. The number of aliphatic hydroxyl groups is 1. The van der Waals surface area contributed by atoms with Crippen molar-refractivity contribution in [3.05, 3.63) is 71.0 Å². The van der Waals surface area contributed by atoms with Crippen molar-refractivity contribution in [1.29, 1.82) is 0 Å². The van der Waals surface area contributed by atoms with Gasteiger partial charge in [0.05, 0.1) is 6.10 Å². The zero-order valence-corrected chi connectivity index (χ0v) is 16.6. The SMILES string of the molecule is CN(CCc1ccccn1)[C@@H]1CCN(C/C(Cl)=C/c2ccccc2)C[C@H]1O. The fraction of sp³-hybridized carbons (Fsp3) is 0.409. The topological polar surface area (TPSA) is 39.6 Å². The van der Waals surface area contributed by atoms with Gasteiger partial charge in [-0.25, -0.2) is 0 Å². The Balaban J connectivity index is 1.47. The number of nitrogens with zero attached hydrogens (tertiary/aromatic N) is 3. The molecule has 1 saturated heterocycles. The first kappa shape index (κ1) is 20.0. The van der Waals surface area contributed by atoms with E-state index in [0.717, 1.165) is 42.2 Å². The number of rotatable bonds is 7. The molecule has 1 aromatic heterocycles. The molecule has 2 atom stereocenters. The summed E-state index contributed by atoms with van der Waals surface area (Å²) in [6.45, 7) is 3.16. The van der Waals surface area contributed by atoms with Crippen LogP contribution in [0.25, 0.3) is 6.08 Å². The highest BCUT2D eigenvalue weighted by atomic mass is 35.5. The van der Waals surface area contributed by atoms with Crippen molar-refractivity contribution in [1.82, 2.24) is 14.8 Å². The first-order chi connectivity index (χ1) is 13.1. The van der Waals surface area contributed by atoms with E-state index in [1.807, 2.05) is 60.8 Å². The maximum atomic E-state index is 10.6. The molecule has 27 heavy (non-hydrogen) atoms. The lowest BCUT2D eigenvalue weighted by Gasteiger charge is -2.40. The minimum atomic E-state index is -0.367. The summed E-state index contributed by atoms with van der Waals surface area (Å²) in [7, 11) is 2.09. The number of aliphatic hydroxyl groups excluding tert-OH is 1. The van der Waals surface area contributed by atoms with E-state index in [-0.39, 0.29) is 12.1 Å². The van der Waals surface area contributed by atoms with E-state index in [2.05, 4.69) is 21.8 Å². The molecule has 3 rings (SSSR count). The van der Waals surface area contributed by atoms with Gasteiger partial charge in [0.25, 0.3) is 0 Å². The van der Waals surface area contributed by atoms with E-state index >= 15 is 0 Å². The molecule has 0 aliphatic carbocycles. The summed E-state index contributed by atoms with van der Waals surface area (Å²) in [6.07, 6.45) is 5.30. The second kappa shape index (κ2) is 10.00. The van der Waals surface area contributed by atoms with Crippen molar-refractivity contribution in [2.45, 2.75) is 25.0 Å². The number of halogens is 1. The summed E-state index contributed by atoms with van der Waals surface area (Å²) in [4.78, 5) is 8.87. The van der Waals surface area contributed by atoms with Crippen molar-refractivity contribution in [2.24, 2.45) is 0 Å². The molecule has 1 fully saturated rings. The average Bonchev–Trinajstić information content (AvgIpc) is 2.68. The maximum Gasteiger partial charge on any atom is 0.0822 e. The van der Waals surface area contributed by atoms with Gasteiger partial charge in [-0.2, -0.15) is 0 Å². The van der Waals surface area contributed by atoms with Gasteiger partial charge in [0.2, 0.25) is 0 Å². The third-order valence-electron chi connectivity index (χ3n) is 5.14. The lowest BCUT2D eigenvalue weighted by molar-refractivity contribution is -0.000279. The largest absolute Gasteiger partial charge is 0.390 e. The van der Waals surface area contributed by atoms with Crippen LogP contribution in [0.2, 0.25) is 0 Å². The molecular weight excluding hydrogens is 358 g/mol. The number of likely N-dealkylation sites (N-methyl/N-ethyl adjacent to an activating group) is 1. The summed E-state index contributed by atoms with van der Waals surface area (Å²) < 4.78 is 0. The number of aromatic nitrogens is 1. The van der Waals surface area contributed by atoms with Gasteiger partial charge in [-0.05, 0) is 37.2 Å². The number of pyridine rings is 1. The standard InChI is InChI=1S/C22H28ClN3O/c1-25(13-10-20-9-5-6-12-24-20)21-11-14-26(17-22(21)27)16-19(23)15-18-7-3-2-4-8-18/h2-9,12,15,21-22,27H,10-11,13-14,16-17H2,1H3/b19-15-/t21-,22-/m1/s1. The number of benzene rings is 1. The second-order valence-corrected chi connectivity index (χ2v) is 7.70. The monoisotopic (exact) mass is 385 g/mol. The third kappa shape index (κ3) is 6.15. The van der Waals surface area contributed by atoms with Gasteiger partial charge in [-0.3, -0.25) is 9.88 Å². The molecule has 4 nitrogen and oxygen atoms in total. The number of piperidine rings is 1. The summed E-state index contributed by atoms with van der Waals surface area (Å²) in [5.41, 5.74) is 2.20. The summed E-state index contributed by atoms with van der Waals surface area (Å²) in [6, 6.07) is 16.3. The summed E-state index contributed by atoms with van der Waals surface area (Å²) in [5.74, 6) is 0. The second-order valence-electron chi connectivity index (χ2n) is 7.21.